The molecule has 1 aromatic heterocycles. The predicted molar refractivity (Wildman–Crippen MR) is 52.8 cm³/mol. The summed E-state index contributed by atoms with van der Waals surface area (Å²) in [6.45, 7) is 0. The zero-order valence-corrected chi connectivity index (χ0v) is 8.26. The molecule has 3 nitrogen and oxygen atoms in total. The van der Waals surface area contributed by atoms with Gasteiger partial charge in [0.1, 0.15) is 6.33 Å². The number of aromatic nitrogens is 2. The zero-order valence-electron chi connectivity index (χ0n) is 7.44. The second-order valence-corrected chi connectivity index (χ2v) is 4.86. The van der Waals surface area contributed by atoms with Crippen LogP contribution in [0.4, 0.5) is 5.13 Å². The second-order valence-electron chi connectivity index (χ2n) is 4.08. The van der Waals surface area contributed by atoms with Crippen LogP contribution in [-0.4, -0.2) is 15.4 Å². The van der Waals surface area contributed by atoms with E-state index in [1.165, 1.54) is 37.2 Å². The van der Waals surface area contributed by atoms with Crippen LogP contribution in [0.2, 0.25) is 0 Å². The molecule has 2 unspecified atom stereocenters. The lowest BCUT2D eigenvalue weighted by Gasteiger charge is -2.37. The van der Waals surface area contributed by atoms with Crippen molar-refractivity contribution in [2.45, 2.75) is 31.7 Å². The molecule has 2 atom stereocenters. The van der Waals surface area contributed by atoms with Crippen molar-refractivity contribution in [2.75, 3.05) is 5.32 Å². The highest BCUT2D eigenvalue weighted by molar-refractivity contribution is 7.09. The van der Waals surface area contributed by atoms with E-state index in [1.807, 2.05) is 0 Å². The number of rotatable bonds is 3. The summed E-state index contributed by atoms with van der Waals surface area (Å²) < 4.78 is 3.99. The Morgan fingerprint density at radius 1 is 1.31 bits per heavy atom. The molecule has 0 aromatic carbocycles. The molecule has 1 aromatic rings. The highest BCUT2D eigenvalue weighted by atomic mass is 32.1. The average Bonchev–Trinajstić information content (AvgIpc) is 2.78. The maximum Gasteiger partial charge on any atom is 0.202 e. The molecule has 13 heavy (non-hydrogen) atoms. The first-order valence-corrected chi connectivity index (χ1v) is 5.74. The molecule has 3 rings (SSSR count). The summed E-state index contributed by atoms with van der Waals surface area (Å²) in [7, 11) is 0. The average molecular weight is 195 g/mol. The molecule has 0 amide bonds. The standard InChI is InChI=1S/C9H13N3S/c1-2-6(1)7-3-4-8(7)12-9-10-5-11-13-9/h5-8H,1-4H2,(H,10,11,12). The van der Waals surface area contributed by atoms with Crippen LogP contribution in [0.25, 0.3) is 0 Å². The highest BCUT2D eigenvalue weighted by Gasteiger charge is 2.42. The quantitative estimate of drug-likeness (QED) is 0.803. The molecule has 2 saturated carbocycles. The van der Waals surface area contributed by atoms with Crippen LogP contribution in [0.5, 0.6) is 0 Å². The third-order valence-corrected chi connectivity index (χ3v) is 3.82. The van der Waals surface area contributed by atoms with Crippen LogP contribution in [0.1, 0.15) is 25.7 Å². The topological polar surface area (TPSA) is 37.8 Å². The molecule has 0 aliphatic heterocycles. The van der Waals surface area contributed by atoms with E-state index in [4.69, 9.17) is 0 Å². The first kappa shape index (κ1) is 7.74. The van der Waals surface area contributed by atoms with Crippen LogP contribution >= 0.6 is 11.5 Å². The number of anilines is 1. The molecular formula is C9H13N3S. The van der Waals surface area contributed by atoms with Crippen LogP contribution in [0, 0.1) is 11.8 Å². The van der Waals surface area contributed by atoms with Gasteiger partial charge in [-0.05, 0) is 37.5 Å². The maximum absolute atomic E-state index is 4.15. The number of nitrogens with zero attached hydrogens (tertiary/aromatic N) is 2. The summed E-state index contributed by atoms with van der Waals surface area (Å²) in [5, 5.41) is 4.47. The van der Waals surface area contributed by atoms with Gasteiger partial charge in [0.2, 0.25) is 5.13 Å². The first-order chi connectivity index (χ1) is 6.43. The molecule has 2 fully saturated rings. The smallest absolute Gasteiger partial charge is 0.202 e. The van der Waals surface area contributed by atoms with Gasteiger partial charge in [0.15, 0.2) is 0 Å². The van der Waals surface area contributed by atoms with E-state index in [0.29, 0.717) is 6.04 Å². The summed E-state index contributed by atoms with van der Waals surface area (Å²) >= 11 is 1.46. The van der Waals surface area contributed by atoms with Crippen molar-refractivity contribution < 1.29 is 0 Å². The van der Waals surface area contributed by atoms with E-state index in [2.05, 4.69) is 14.7 Å². The van der Waals surface area contributed by atoms with E-state index < -0.39 is 0 Å². The molecule has 0 bridgehead atoms. The molecule has 1 N–H and O–H groups in total. The van der Waals surface area contributed by atoms with Gasteiger partial charge >= 0.3 is 0 Å². The van der Waals surface area contributed by atoms with Crippen molar-refractivity contribution in [2.24, 2.45) is 11.8 Å². The van der Waals surface area contributed by atoms with Gasteiger partial charge in [-0.2, -0.15) is 4.37 Å². The predicted octanol–water partition coefficient (Wildman–Crippen LogP) is 2.14. The third kappa shape index (κ3) is 1.43. The van der Waals surface area contributed by atoms with Crippen molar-refractivity contribution in [1.29, 1.82) is 0 Å². The fourth-order valence-electron chi connectivity index (χ4n) is 2.19. The number of hydrogen-bond donors (Lipinski definition) is 1. The van der Waals surface area contributed by atoms with Crippen molar-refractivity contribution in [1.82, 2.24) is 9.36 Å². The Hall–Kier alpha value is -0.640. The highest BCUT2D eigenvalue weighted by Crippen LogP contribution is 2.47. The third-order valence-electron chi connectivity index (χ3n) is 3.23. The van der Waals surface area contributed by atoms with E-state index in [1.54, 1.807) is 6.33 Å². The molecule has 70 valence electrons. The van der Waals surface area contributed by atoms with E-state index in [9.17, 15) is 0 Å². The molecule has 2 aliphatic carbocycles. The minimum atomic E-state index is 0.695. The Labute approximate surface area is 81.7 Å². The van der Waals surface area contributed by atoms with Crippen LogP contribution in [0.3, 0.4) is 0 Å². The van der Waals surface area contributed by atoms with Crippen LogP contribution in [-0.2, 0) is 0 Å². The Kier molecular flexibility index (Phi) is 1.75. The molecular weight excluding hydrogens is 182 g/mol. The largest absolute Gasteiger partial charge is 0.357 e. The van der Waals surface area contributed by atoms with Gasteiger partial charge in [0.25, 0.3) is 0 Å². The molecule has 2 aliphatic rings. The van der Waals surface area contributed by atoms with Gasteiger partial charge in [-0.25, -0.2) is 4.98 Å². The van der Waals surface area contributed by atoms with Crippen LogP contribution in [0.15, 0.2) is 6.33 Å². The van der Waals surface area contributed by atoms with Gasteiger partial charge in [-0.15, -0.1) is 0 Å². The fraction of sp³-hybridized carbons (Fsp3) is 0.778. The molecule has 1 heterocycles. The Balaban J connectivity index is 1.60. The summed E-state index contributed by atoms with van der Waals surface area (Å²) in [6, 6.07) is 0.695. The fourth-order valence-corrected chi connectivity index (χ4v) is 2.68. The summed E-state index contributed by atoms with van der Waals surface area (Å²) in [5.41, 5.74) is 0. The summed E-state index contributed by atoms with van der Waals surface area (Å²) in [5.74, 6) is 1.96. The summed E-state index contributed by atoms with van der Waals surface area (Å²) in [4.78, 5) is 4.15. The molecule has 0 saturated heterocycles. The minimum Gasteiger partial charge on any atom is -0.357 e. The van der Waals surface area contributed by atoms with Gasteiger partial charge < -0.3 is 5.32 Å². The first-order valence-electron chi connectivity index (χ1n) is 4.97. The number of hydrogen-bond acceptors (Lipinski definition) is 4. The Bertz CT molecular complexity index is 281. The van der Waals surface area contributed by atoms with E-state index in [-0.39, 0.29) is 0 Å². The van der Waals surface area contributed by atoms with Crippen molar-refractivity contribution in [3.8, 4) is 0 Å². The van der Waals surface area contributed by atoms with Gasteiger partial charge in [-0.3, -0.25) is 0 Å². The second kappa shape index (κ2) is 2.94. The minimum absolute atomic E-state index is 0.695. The van der Waals surface area contributed by atoms with E-state index >= 15 is 0 Å². The zero-order chi connectivity index (χ0) is 8.67. The van der Waals surface area contributed by atoms with Gasteiger partial charge in [0, 0.05) is 17.6 Å². The number of nitrogens with one attached hydrogen (secondary N) is 1. The SMILES string of the molecule is c1nsc(NC2CCC2C2CC2)n1. The van der Waals surface area contributed by atoms with Gasteiger partial charge in [0.05, 0.1) is 0 Å². The summed E-state index contributed by atoms with van der Waals surface area (Å²) in [6.07, 6.45) is 7.28. The molecule has 0 radical (unpaired) electrons. The van der Waals surface area contributed by atoms with Crippen molar-refractivity contribution in [3.05, 3.63) is 6.33 Å². The van der Waals surface area contributed by atoms with Gasteiger partial charge in [-0.1, -0.05) is 0 Å². The maximum atomic E-state index is 4.15. The lowest BCUT2D eigenvalue weighted by molar-refractivity contribution is 0.243. The normalized spacial score (nSPS) is 32.6. The monoisotopic (exact) mass is 195 g/mol. The lowest BCUT2D eigenvalue weighted by Crippen LogP contribution is -2.39. The van der Waals surface area contributed by atoms with Crippen molar-refractivity contribution >= 4 is 16.7 Å². The van der Waals surface area contributed by atoms with E-state index in [0.717, 1.165) is 17.0 Å². The van der Waals surface area contributed by atoms with Crippen molar-refractivity contribution in [3.63, 3.8) is 0 Å². The molecule has 4 heteroatoms. The lowest BCUT2D eigenvalue weighted by atomic mass is 9.76. The van der Waals surface area contributed by atoms with Crippen LogP contribution < -0.4 is 5.32 Å². The Morgan fingerprint density at radius 3 is 2.77 bits per heavy atom. The molecule has 0 spiro atoms. The Morgan fingerprint density at radius 2 is 2.23 bits per heavy atom.